The van der Waals surface area contributed by atoms with Crippen molar-refractivity contribution < 1.29 is 14.3 Å². The molecule has 164 valence electrons. The summed E-state index contributed by atoms with van der Waals surface area (Å²) in [5.41, 5.74) is 2.50. The number of para-hydroxylation sites is 1. The standard InChI is InChI=1S/C24H30N4O3/c1-18(19-7-4-3-5-8-19)17-25-24(29)22-20-9-6-10-21(30-2)23(20)28(26-22)12-11-27-13-15-31-16-14-27/h3-10,18H,11-17H2,1-2H3,(H,25,29). The minimum Gasteiger partial charge on any atom is -0.494 e. The Morgan fingerprint density at radius 2 is 1.90 bits per heavy atom. The van der Waals surface area contributed by atoms with Gasteiger partial charge in [-0.2, -0.15) is 5.10 Å². The van der Waals surface area contributed by atoms with Crippen LogP contribution in [0, 0.1) is 0 Å². The quantitative estimate of drug-likeness (QED) is 0.605. The van der Waals surface area contributed by atoms with Crippen LogP contribution in [0.2, 0.25) is 0 Å². The van der Waals surface area contributed by atoms with E-state index in [1.807, 2.05) is 41.1 Å². The maximum atomic E-state index is 13.1. The van der Waals surface area contributed by atoms with Crippen LogP contribution >= 0.6 is 0 Å². The van der Waals surface area contributed by atoms with Gasteiger partial charge in [-0.25, -0.2) is 0 Å². The molecule has 4 rings (SSSR count). The number of nitrogens with zero attached hydrogens (tertiary/aromatic N) is 3. The average Bonchev–Trinajstić information content (AvgIpc) is 3.21. The molecule has 0 saturated carbocycles. The smallest absolute Gasteiger partial charge is 0.272 e. The van der Waals surface area contributed by atoms with E-state index < -0.39 is 0 Å². The summed E-state index contributed by atoms with van der Waals surface area (Å²) < 4.78 is 12.9. The Labute approximate surface area is 182 Å². The number of carbonyl (C=O) groups is 1. The zero-order valence-electron chi connectivity index (χ0n) is 18.2. The van der Waals surface area contributed by atoms with Gasteiger partial charge >= 0.3 is 0 Å². The Kier molecular flexibility index (Phi) is 6.84. The lowest BCUT2D eigenvalue weighted by Gasteiger charge is -2.26. The summed E-state index contributed by atoms with van der Waals surface area (Å²) in [6.07, 6.45) is 0. The van der Waals surface area contributed by atoms with Crippen LogP contribution in [0.1, 0.15) is 28.9 Å². The SMILES string of the molecule is COc1cccc2c(C(=O)NCC(C)c3ccccc3)nn(CCN3CCOCC3)c12. The monoisotopic (exact) mass is 422 g/mol. The number of ether oxygens (including phenoxy) is 2. The molecule has 3 aromatic rings. The molecule has 0 aliphatic carbocycles. The van der Waals surface area contributed by atoms with Crippen LogP contribution in [-0.2, 0) is 11.3 Å². The van der Waals surface area contributed by atoms with Crippen molar-refractivity contribution >= 4 is 16.8 Å². The van der Waals surface area contributed by atoms with E-state index in [0.717, 1.165) is 49.5 Å². The van der Waals surface area contributed by atoms with Gasteiger partial charge in [-0.1, -0.05) is 49.4 Å². The Balaban J connectivity index is 1.53. The molecule has 1 aromatic heterocycles. The predicted octanol–water partition coefficient (Wildman–Crippen LogP) is 2.91. The summed E-state index contributed by atoms with van der Waals surface area (Å²) in [6, 6.07) is 15.9. The number of morpholine rings is 1. The summed E-state index contributed by atoms with van der Waals surface area (Å²) in [4.78, 5) is 15.4. The summed E-state index contributed by atoms with van der Waals surface area (Å²) >= 11 is 0. The molecule has 7 nitrogen and oxygen atoms in total. The van der Waals surface area contributed by atoms with E-state index in [4.69, 9.17) is 14.6 Å². The largest absolute Gasteiger partial charge is 0.494 e. The third kappa shape index (κ3) is 4.89. The second kappa shape index (κ2) is 9.94. The molecule has 0 spiro atoms. The number of methoxy groups -OCH3 is 1. The number of aromatic nitrogens is 2. The van der Waals surface area contributed by atoms with Crippen molar-refractivity contribution in [3.8, 4) is 5.75 Å². The van der Waals surface area contributed by atoms with E-state index in [0.29, 0.717) is 18.8 Å². The number of hydrogen-bond acceptors (Lipinski definition) is 5. The fraction of sp³-hybridized carbons (Fsp3) is 0.417. The number of carbonyl (C=O) groups excluding carboxylic acids is 1. The van der Waals surface area contributed by atoms with Gasteiger partial charge in [0, 0.05) is 31.6 Å². The van der Waals surface area contributed by atoms with Crippen molar-refractivity contribution in [1.82, 2.24) is 20.0 Å². The van der Waals surface area contributed by atoms with Gasteiger partial charge in [0.2, 0.25) is 0 Å². The first-order chi connectivity index (χ1) is 15.2. The van der Waals surface area contributed by atoms with E-state index in [2.05, 4.69) is 29.3 Å². The number of rotatable bonds is 8. The van der Waals surface area contributed by atoms with Crippen LogP contribution in [0.15, 0.2) is 48.5 Å². The number of fused-ring (bicyclic) bond motifs is 1. The fourth-order valence-electron chi connectivity index (χ4n) is 3.99. The van der Waals surface area contributed by atoms with Gasteiger partial charge in [-0.3, -0.25) is 14.4 Å². The van der Waals surface area contributed by atoms with Gasteiger partial charge in [-0.05, 0) is 17.5 Å². The van der Waals surface area contributed by atoms with Crippen molar-refractivity contribution in [2.24, 2.45) is 0 Å². The molecule has 2 aromatic carbocycles. The van der Waals surface area contributed by atoms with E-state index in [-0.39, 0.29) is 11.8 Å². The maximum absolute atomic E-state index is 13.1. The summed E-state index contributed by atoms with van der Waals surface area (Å²) in [5, 5.41) is 8.57. The molecule has 1 saturated heterocycles. The van der Waals surface area contributed by atoms with E-state index in [9.17, 15) is 4.79 Å². The molecular weight excluding hydrogens is 392 g/mol. The first-order valence-corrected chi connectivity index (χ1v) is 10.8. The van der Waals surface area contributed by atoms with Crippen molar-refractivity contribution in [1.29, 1.82) is 0 Å². The van der Waals surface area contributed by atoms with Gasteiger partial charge in [-0.15, -0.1) is 0 Å². The van der Waals surface area contributed by atoms with E-state index in [1.165, 1.54) is 5.56 Å². The molecular formula is C24H30N4O3. The summed E-state index contributed by atoms with van der Waals surface area (Å²) in [5.74, 6) is 0.782. The number of amides is 1. The average molecular weight is 423 g/mol. The second-order valence-corrected chi connectivity index (χ2v) is 7.90. The maximum Gasteiger partial charge on any atom is 0.272 e. The molecule has 1 amide bonds. The molecule has 1 N–H and O–H groups in total. The second-order valence-electron chi connectivity index (χ2n) is 7.90. The van der Waals surface area contributed by atoms with Crippen molar-refractivity contribution in [3.63, 3.8) is 0 Å². The molecule has 31 heavy (non-hydrogen) atoms. The fourth-order valence-corrected chi connectivity index (χ4v) is 3.99. The van der Waals surface area contributed by atoms with Gasteiger partial charge in [0.15, 0.2) is 5.69 Å². The minimum atomic E-state index is -0.161. The van der Waals surface area contributed by atoms with E-state index >= 15 is 0 Å². The molecule has 2 heterocycles. The van der Waals surface area contributed by atoms with Gasteiger partial charge in [0.1, 0.15) is 11.3 Å². The summed E-state index contributed by atoms with van der Waals surface area (Å²) in [7, 11) is 1.65. The molecule has 1 unspecified atom stereocenters. The Morgan fingerprint density at radius 3 is 2.65 bits per heavy atom. The Bertz CT molecular complexity index is 1010. The van der Waals surface area contributed by atoms with Crippen LogP contribution in [0.5, 0.6) is 5.75 Å². The van der Waals surface area contributed by atoms with Crippen LogP contribution in [0.3, 0.4) is 0 Å². The van der Waals surface area contributed by atoms with Crippen LogP contribution < -0.4 is 10.1 Å². The molecule has 1 fully saturated rings. The number of benzene rings is 2. The van der Waals surface area contributed by atoms with Crippen LogP contribution in [0.4, 0.5) is 0 Å². The first kappa shape index (κ1) is 21.3. The zero-order chi connectivity index (χ0) is 21.6. The molecule has 0 bridgehead atoms. The van der Waals surface area contributed by atoms with Crippen LogP contribution in [0.25, 0.3) is 10.9 Å². The van der Waals surface area contributed by atoms with Crippen molar-refractivity contribution in [2.75, 3.05) is 46.5 Å². The van der Waals surface area contributed by atoms with Crippen molar-refractivity contribution in [3.05, 3.63) is 59.8 Å². The van der Waals surface area contributed by atoms with Crippen LogP contribution in [-0.4, -0.2) is 67.1 Å². The highest BCUT2D eigenvalue weighted by molar-refractivity contribution is 6.06. The minimum absolute atomic E-state index is 0.161. The normalized spacial score (nSPS) is 15.7. The molecule has 1 aliphatic rings. The predicted molar refractivity (Wildman–Crippen MR) is 121 cm³/mol. The topological polar surface area (TPSA) is 68.6 Å². The molecule has 1 aliphatic heterocycles. The van der Waals surface area contributed by atoms with Gasteiger partial charge < -0.3 is 14.8 Å². The van der Waals surface area contributed by atoms with Gasteiger partial charge in [0.25, 0.3) is 5.91 Å². The Hall–Kier alpha value is -2.90. The third-order valence-corrected chi connectivity index (χ3v) is 5.84. The van der Waals surface area contributed by atoms with E-state index in [1.54, 1.807) is 7.11 Å². The Morgan fingerprint density at radius 1 is 1.13 bits per heavy atom. The highest BCUT2D eigenvalue weighted by atomic mass is 16.5. The lowest BCUT2D eigenvalue weighted by molar-refractivity contribution is 0.0361. The lowest BCUT2D eigenvalue weighted by Crippen LogP contribution is -2.38. The number of hydrogen-bond donors (Lipinski definition) is 1. The van der Waals surface area contributed by atoms with Gasteiger partial charge in [0.05, 0.1) is 26.9 Å². The molecule has 0 radical (unpaired) electrons. The van der Waals surface area contributed by atoms with Crippen molar-refractivity contribution in [2.45, 2.75) is 19.4 Å². The zero-order valence-corrected chi connectivity index (χ0v) is 18.2. The first-order valence-electron chi connectivity index (χ1n) is 10.8. The highest BCUT2D eigenvalue weighted by Gasteiger charge is 2.21. The highest BCUT2D eigenvalue weighted by Crippen LogP contribution is 2.28. The summed E-state index contributed by atoms with van der Waals surface area (Å²) in [6.45, 7) is 7.55. The third-order valence-electron chi connectivity index (χ3n) is 5.84. The molecule has 1 atom stereocenters. The lowest BCUT2D eigenvalue weighted by atomic mass is 10.0. The molecule has 7 heteroatoms. The number of nitrogens with one attached hydrogen (secondary N) is 1.